The molecule has 5 nitrogen and oxygen atoms in total. The lowest BCUT2D eigenvalue weighted by Gasteiger charge is -2.34. The van der Waals surface area contributed by atoms with E-state index in [0.717, 1.165) is 24.5 Å². The molecular formula is C25H29F3N2O3. The highest BCUT2D eigenvalue weighted by Crippen LogP contribution is 2.47. The number of carboxylic acid groups (broad SMARTS) is 1. The average Bonchev–Trinajstić information content (AvgIpc) is 3.63. The fraction of sp³-hybridized carbons (Fsp3) is 0.520. The molecule has 33 heavy (non-hydrogen) atoms. The summed E-state index contributed by atoms with van der Waals surface area (Å²) in [5.74, 6) is 0.0919. The van der Waals surface area contributed by atoms with Gasteiger partial charge in [0.15, 0.2) is 0 Å². The van der Waals surface area contributed by atoms with E-state index in [0.29, 0.717) is 44.2 Å². The van der Waals surface area contributed by atoms with Crippen LogP contribution in [0.2, 0.25) is 0 Å². The average molecular weight is 463 g/mol. The Morgan fingerprint density at radius 3 is 2.55 bits per heavy atom. The van der Waals surface area contributed by atoms with E-state index in [4.69, 9.17) is 4.74 Å². The molecule has 0 spiro atoms. The number of anilines is 1. The van der Waals surface area contributed by atoms with Crippen molar-refractivity contribution in [3.63, 3.8) is 0 Å². The Balaban J connectivity index is 1.35. The van der Waals surface area contributed by atoms with E-state index >= 15 is 0 Å². The molecule has 4 rings (SSSR count). The molecule has 2 atom stereocenters. The minimum Gasteiger partial charge on any atom is -0.493 e. The van der Waals surface area contributed by atoms with Crippen LogP contribution in [0.15, 0.2) is 42.6 Å². The maximum atomic E-state index is 13.3. The number of aromatic nitrogens is 1. The Bertz CT molecular complexity index is 969. The summed E-state index contributed by atoms with van der Waals surface area (Å²) in [5, 5.41) is 9.50. The maximum absolute atomic E-state index is 13.3. The smallest absolute Gasteiger partial charge is 0.419 e. The molecule has 2 aromatic rings. The summed E-state index contributed by atoms with van der Waals surface area (Å²) in [5.41, 5.74) is 0.298. The quantitative estimate of drug-likeness (QED) is 0.553. The highest BCUT2D eigenvalue weighted by Gasteiger charge is 2.39. The van der Waals surface area contributed by atoms with Crippen molar-refractivity contribution in [2.45, 2.75) is 44.7 Å². The number of piperidine rings is 1. The second-order valence-electron chi connectivity index (χ2n) is 9.18. The summed E-state index contributed by atoms with van der Waals surface area (Å²) < 4.78 is 46.0. The summed E-state index contributed by atoms with van der Waals surface area (Å²) in [7, 11) is 0. The zero-order valence-electron chi connectivity index (χ0n) is 18.6. The first-order chi connectivity index (χ1) is 15.7. The number of hydrogen-bond acceptors (Lipinski definition) is 4. The molecule has 2 fully saturated rings. The fourth-order valence-electron chi connectivity index (χ4n) is 4.79. The lowest BCUT2D eigenvalue weighted by Crippen LogP contribution is -2.37. The Kier molecular flexibility index (Phi) is 6.81. The van der Waals surface area contributed by atoms with E-state index < -0.39 is 23.6 Å². The number of carbonyl (C=O) groups is 1. The Hall–Kier alpha value is -2.77. The highest BCUT2D eigenvalue weighted by molar-refractivity contribution is 5.71. The van der Waals surface area contributed by atoms with Crippen LogP contribution in [0.1, 0.15) is 49.7 Å². The molecule has 178 valence electrons. The maximum Gasteiger partial charge on any atom is 0.419 e. The predicted molar refractivity (Wildman–Crippen MR) is 118 cm³/mol. The molecule has 0 radical (unpaired) electrons. The minimum absolute atomic E-state index is 0.00395. The lowest BCUT2D eigenvalue weighted by molar-refractivity contribution is -0.142. The van der Waals surface area contributed by atoms with Crippen molar-refractivity contribution in [1.82, 2.24) is 4.98 Å². The number of benzene rings is 1. The topological polar surface area (TPSA) is 62.7 Å². The molecule has 0 bridgehead atoms. The molecule has 0 amide bonds. The number of alkyl halides is 3. The monoisotopic (exact) mass is 462 g/mol. The van der Waals surface area contributed by atoms with E-state index in [1.54, 1.807) is 11.8 Å². The van der Waals surface area contributed by atoms with Crippen molar-refractivity contribution >= 4 is 11.8 Å². The third-order valence-corrected chi connectivity index (χ3v) is 6.79. The van der Waals surface area contributed by atoms with Gasteiger partial charge in [-0.25, -0.2) is 4.98 Å². The van der Waals surface area contributed by atoms with Gasteiger partial charge in [-0.2, -0.15) is 13.2 Å². The summed E-state index contributed by atoms with van der Waals surface area (Å²) in [6.45, 7) is 3.23. The number of nitrogens with zero attached hydrogens (tertiary/aromatic N) is 2. The molecule has 1 aromatic carbocycles. The van der Waals surface area contributed by atoms with Crippen LogP contribution in [0.5, 0.6) is 5.75 Å². The molecule has 1 saturated carbocycles. The summed E-state index contributed by atoms with van der Waals surface area (Å²) >= 11 is 0. The first-order valence-electron chi connectivity index (χ1n) is 11.5. The van der Waals surface area contributed by atoms with Crippen LogP contribution in [-0.4, -0.2) is 35.8 Å². The lowest BCUT2D eigenvalue weighted by atomic mass is 9.83. The number of carboxylic acids is 1. The Labute approximate surface area is 191 Å². The van der Waals surface area contributed by atoms with Gasteiger partial charge in [0.05, 0.1) is 18.1 Å². The molecule has 1 aliphatic heterocycles. The second-order valence-corrected chi connectivity index (χ2v) is 9.18. The molecular weight excluding hydrogens is 433 g/mol. The first-order valence-corrected chi connectivity index (χ1v) is 11.5. The highest BCUT2D eigenvalue weighted by atomic mass is 19.4. The SMILES string of the molecule is CC(C(=O)O)C(c1cccc(OCC2CCN(c3ncccc3C(F)(F)F)CC2)c1)C1CC1. The number of pyridine rings is 1. The zero-order valence-corrected chi connectivity index (χ0v) is 18.6. The van der Waals surface area contributed by atoms with Crippen molar-refractivity contribution in [3.8, 4) is 5.75 Å². The molecule has 1 aromatic heterocycles. The molecule has 1 saturated heterocycles. The normalized spacial score (nSPS) is 19.2. The third-order valence-electron chi connectivity index (χ3n) is 6.79. The van der Waals surface area contributed by atoms with Gasteiger partial charge in [-0.05, 0) is 73.3 Å². The molecule has 2 heterocycles. The van der Waals surface area contributed by atoms with Crippen molar-refractivity contribution in [1.29, 1.82) is 0 Å². The van der Waals surface area contributed by atoms with Gasteiger partial charge in [0.2, 0.25) is 0 Å². The summed E-state index contributed by atoms with van der Waals surface area (Å²) in [6.07, 6.45) is 0.511. The molecule has 2 unspecified atom stereocenters. The van der Waals surface area contributed by atoms with Crippen LogP contribution < -0.4 is 9.64 Å². The van der Waals surface area contributed by atoms with Crippen LogP contribution in [-0.2, 0) is 11.0 Å². The van der Waals surface area contributed by atoms with E-state index in [2.05, 4.69) is 4.98 Å². The van der Waals surface area contributed by atoms with Gasteiger partial charge in [-0.15, -0.1) is 0 Å². The van der Waals surface area contributed by atoms with Gasteiger partial charge in [-0.1, -0.05) is 19.1 Å². The number of ether oxygens (including phenoxy) is 1. The van der Waals surface area contributed by atoms with Crippen LogP contribution in [0.4, 0.5) is 19.0 Å². The summed E-state index contributed by atoms with van der Waals surface area (Å²) in [6, 6.07) is 10.1. The number of halogens is 3. The van der Waals surface area contributed by atoms with E-state index in [1.165, 1.54) is 12.3 Å². The van der Waals surface area contributed by atoms with Gasteiger partial charge in [-0.3, -0.25) is 4.79 Å². The standard InChI is InChI=1S/C25H29F3N2O3/c1-16(24(31)32)22(18-7-8-18)19-4-2-5-20(14-19)33-15-17-9-12-30(13-10-17)23-21(25(26,27)28)6-3-11-29-23/h2-6,11,14,16-18,22H,7-10,12-13,15H2,1H3,(H,31,32). The van der Waals surface area contributed by atoms with E-state index in [9.17, 15) is 23.1 Å². The molecule has 1 aliphatic carbocycles. The predicted octanol–water partition coefficient (Wildman–Crippen LogP) is 5.61. The zero-order chi connectivity index (χ0) is 23.6. The van der Waals surface area contributed by atoms with Crippen molar-refractivity contribution in [2.24, 2.45) is 17.8 Å². The van der Waals surface area contributed by atoms with Gasteiger partial charge in [0.1, 0.15) is 11.6 Å². The van der Waals surface area contributed by atoms with E-state index in [-0.39, 0.29) is 17.7 Å². The first kappa shape index (κ1) is 23.4. The minimum atomic E-state index is -4.43. The number of rotatable bonds is 8. The van der Waals surface area contributed by atoms with Crippen LogP contribution in [0.25, 0.3) is 0 Å². The Morgan fingerprint density at radius 1 is 1.18 bits per heavy atom. The van der Waals surface area contributed by atoms with Crippen LogP contribution >= 0.6 is 0 Å². The molecule has 2 aliphatic rings. The van der Waals surface area contributed by atoms with Gasteiger partial charge in [0.25, 0.3) is 0 Å². The molecule has 8 heteroatoms. The summed E-state index contributed by atoms with van der Waals surface area (Å²) in [4.78, 5) is 17.3. The van der Waals surface area contributed by atoms with Crippen LogP contribution in [0.3, 0.4) is 0 Å². The number of aliphatic carboxylic acids is 1. The fourth-order valence-corrected chi connectivity index (χ4v) is 4.79. The molecule has 1 N–H and O–H groups in total. The van der Waals surface area contributed by atoms with Crippen molar-refractivity contribution in [2.75, 3.05) is 24.6 Å². The van der Waals surface area contributed by atoms with E-state index in [1.807, 2.05) is 24.3 Å². The Morgan fingerprint density at radius 2 is 1.91 bits per heavy atom. The largest absolute Gasteiger partial charge is 0.493 e. The number of hydrogen-bond donors (Lipinski definition) is 1. The van der Waals surface area contributed by atoms with Gasteiger partial charge >= 0.3 is 12.1 Å². The van der Waals surface area contributed by atoms with Crippen molar-refractivity contribution < 1.29 is 27.8 Å². The van der Waals surface area contributed by atoms with Crippen LogP contribution in [0, 0.1) is 17.8 Å². The van der Waals surface area contributed by atoms with Gasteiger partial charge in [0, 0.05) is 19.3 Å². The second kappa shape index (κ2) is 9.61. The van der Waals surface area contributed by atoms with Gasteiger partial charge < -0.3 is 14.7 Å². The third kappa shape index (κ3) is 5.60. The van der Waals surface area contributed by atoms with Crippen molar-refractivity contribution in [3.05, 3.63) is 53.7 Å².